The van der Waals surface area contributed by atoms with E-state index in [4.69, 9.17) is 0 Å². The van der Waals surface area contributed by atoms with Crippen molar-refractivity contribution in [1.29, 1.82) is 0 Å². The molecule has 2 N–H and O–H groups in total. The molecule has 3 rings (SSSR count). The second-order valence-electron chi connectivity index (χ2n) is 6.43. The van der Waals surface area contributed by atoms with Gasteiger partial charge in [0.1, 0.15) is 5.69 Å². The third kappa shape index (κ3) is 3.70. The second-order valence-corrected chi connectivity index (χ2v) is 6.43. The molecule has 0 bridgehead atoms. The van der Waals surface area contributed by atoms with Crippen molar-refractivity contribution in [3.63, 3.8) is 0 Å². The Morgan fingerprint density at radius 1 is 1.25 bits per heavy atom. The lowest BCUT2D eigenvalue weighted by Gasteiger charge is -2.36. The van der Waals surface area contributed by atoms with Gasteiger partial charge in [-0.15, -0.1) is 0 Å². The van der Waals surface area contributed by atoms with Crippen LogP contribution in [0.3, 0.4) is 0 Å². The molecule has 8 heteroatoms. The minimum atomic E-state index is -0.601. The minimum Gasteiger partial charge on any atom is -0.390 e. The van der Waals surface area contributed by atoms with Gasteiger partial charge in [-0.1, -0.05) is 0 Å². The lowest BCUT2D eigenvalue weighted by molar-refractivity contribution is -0.130. The van der Waals surface area contributed by atoms with Crippen molar-refractivity contribution in [1.82, 2.24) is 25.1 Å². The predicted octanol–water partition coefficient (Wildman–Crippen LogP) is -0.738. The van der Waals surface area contributed by atoms with E-state index in [9.17, 15) is 14.7 Å². The number of hydrogen-bond donors (Lipinski definition) is 2. The first-order valence-corrected chi connectivity index (χ1v) is 8.29. The van der Waals surface area contributed by atoms with Crippen LogP contribution in [-0.2, 0) is 4.79 Å². The van der Waals surface area contributed by atoms with Gasteiger partial charge in [0, 0.05) is 51.5 Å². The van der Waals surface area contributed by atoms with Crippen molar-refractivity contribution < 1.29 is 14.7 Å². The van der Waals surface area contributed by atoms with Crippen molar-refractivity contribution in [2.45, 2.75) is 38.0 Å². The first-order chi connectivity index (χ1) is 11.5. The number of aliphatic hydroxyl groups excluding tert-OH is 1. The Kier molecular flexibility index (Phi) is 5.06. The van der Waals surface area contributed by atoms with Gasteiger partial charge in [-0.3, -0.25) is 19.5 Å². The summed E-state index contributed by atoms with van der Waals surface area (Å²) in [4.78, 5) is 35.5. The normalized spacial score (nSPS) is 25.7. The number of nitrogens with one attached hydrogen (secondary N) is 1. The van der Waals surface area contributed by atoms with E-state index < -0.39 is 6.10 Å². The number of amides is 2. The van der Waals surface area contributed by atoms with Crippen molar-refractivity contribution in [3.05, 3.63) is 24.3 Å². The van der Waals surface area contributed by atoms with Gasteiger partial charge in [0.2, 0.25) is 5.91 Å². The van der Waals surface area contributed by atoms with E-state index in [-0.39, 0.29) is 23.6 Å². The average molecular weight is 333 g/mol. The number of carbonyl (C=O) groups excluding carboxylic acids is 2. The lowest BCUT2D eigenvalue weighted by Crippen LogP contribution is -2.46. The summed E-state index contributed by atoms with van der Waals surface area (Å²) in [6.07, 6.45) is 5.59. The first kappa shape index (κ1) is 16.8. The topological polar surface area (TPSA) is 98.7 Å². The Balaban J connectivity index is 1.53. The summed E-state index contributed by atoms with van der Waals surface area (Å²) < 4.78 is 0. The van der Waals surface area contributed by atoms with E-state index in [1.807, 2.05) is 4.90 Å². The Hall–Kier alpha value is -2.06. The van der Waals surface area contributed by atoms with Crippen LogP contribution in [0, 0.1) is 0 Å². The summed E-state index contributed by atoms with van der Waals surface area (Å²) in [6, 6.07) is 0.0269. The molecule has 2 amide bonds. The maximum Gasteiger partial charge on any atom is 0.271 e. The van der Waals surface area contributed by atoms with E-state index in [1.165, 1.54) is 18.6 Å². The number of likely N-dealkylation sites (tertiary alicyclic amines) is 2. The number of carbonyl (C=O) groups is 2. The molecule has 24 heavy (non-hydrogen) atoms. The predicted molar refractivity (Wildman–Crippen MR) is 86.1 cm³/mol. The van der Waals surface area contributed by atoms with Crippen molar-refractivity contribution >= 4 is 11.8 Å². The van der Waals surface area contributed by atoms with Gasteiger partial charge in [-0.05, 0) is 12.8 Å². The molecular formula is C16H23N5O3. The number of hydrogen-bond acceptors (Lipinski definition) is 6. The molecule has 1 aromatic rings. The maximum atomic E-state index is 12.2. The molecule has 8 nitrogen and oxygen atoms in total. The Bertz CT molecular complexity index is 589. The molecule has 2 atom stereocenters. The standard InChI is InChI=1S/C16H23N5O3/c1-11(22)20-6-2-12(3-7-20)21-9-14(15(23)10-21)19-16(24)13-8-17-4-5-18-13/h4-5,8,12,14-15,23H,2-3,6-7,9-10H2,1H3,(H,19,24)/t14-,15-/m1/s1. The highest BCUT2D eigenvalue weighted by atomic mass is 16.3. The zero-order chi connectivity index (χ0) is 17.1. The van der Waals surface area contributed by atoms with E-state index in [1.54, 1.807) is 6.92 Å². The molecular weight excluding hydrogens is 310 g/mol. The van der Waals surface area contributed by atoms with Crippen LogP contribution < -0.4 is 5.32 Å². The third-order valence-electron chi connectivity index (χ3n) is 4.86. The van der Waals surface area contributed by atoms with Crippen LogP contribution in [0.5, 0.6) is 0 Å². The molecule has 2 aliphatic rings. The highest BCUT2D eigenvalue weighted by Crippen LogP contribution is 2.22. The van der Waals surface area contributed by atoms with Gasteiger partial charge < -0.3 is 15.3 Å². The SMILES string of the molecule is CC(=O)N1CCC(N2C[C@@H](O)[C@H](NC(=O)c3cnccn3)C2)CC1. The smallest absolute Gasteiger partial charge is 0.271 e. The van der Waals surface area contributed by atoms with E-state index in [2.05, 4.69) is 20.2 Å². The third-order valence-corrected chi connectivity index (χ3v) is 4.86. The Morgan fingerprint density at radius 2 is 2.00 bits per heavy atom. The summed E-state index contributed by atoms with van der Waals surface area (Å²) in [5.41, 5.74) is 0.248. The number of piperidine rings is 1. The number of β-amino-alcohol motifs (C(OH)–C–C–N with tert-alkyl or cyclic N) is 1. The van der Waals surface area contributed by atoms with Crippen molar-refractivity contribution in [2.24, 2.45) is 0 Å². The van der Waals surface area contributed by atoms with Gasteiger partial charge in [0.25, 0.3) is 5.91 Å². The largest absolute Gasteiger partial charge is 0.390 e. The van der Waals surface area contributed by atoms with Crippen LogP contribution in [0.4, 0.5) is 0 Å². The first-order valence-electron chi connectivity index (χ1n) is 8.29. The van der Waals surface area contributed by atoms with Gasteiger partial charge in [0.05, 0.1) is 18.3 Å². The molecule has 2 fully saturated rings. The quantitative estimate of drug-likeness (QED) is 0.756. The molecule has 2 saturated heterocycles. The molecule has 3 heterocycles. The summed E-state index contributed by atoms with van der Waals surface area (Å²) >= 11 is 0. The number of nitrogens with zero attached hydrogens (tertiary/aromatic N) is 4. The fraction of sp³-hybridized carbons (Fsp3) is 0.625. The molecule has 2 aliphatic heterocycles. The molecule has 0 radical (unpaired) electrons. The molecule has 1 aromatic heterocycles. The van der Waals surface area contributed by atoms with E-state index in [0.29, 0.717) is 19.1 Å². The van der Waals surface area contributed by atoms with Crippen LogP contribution in [0.1, 0.15) is 30.3 Å². The van der Waals surface area contributed by atoms with Gasteiger partial charge in [0.15, 0.2) is 0 Å². The second kappa shape index (κ2) is 7.23. The van der Waals surface area contributed by atoms with Gasteiger partial charge in [-0.2, -0.15) is 0 Å². The molecule has 130 valence electrons. The van der Waals surface area contributed by atoms with Crippen LogP contribution in [0.25, 0.3) is 0 Å². The van der Waals surface area contributed by atoms with Crippen molar-refractivity contribution in [2.75, 3.05) is 26.2 Å². The highest BCUT2D eigenvalue weighted by Gasteiger charge is 2.37. The molecule has 0 aliphatic carbocycles. The van der Waals surface area contributed by atoms with E-state index in [0.717, 1.165) is 25.9 Å². The fourth-order valence-corrected chi connectivity index (χ4v) is 3.46. The summed E-state index contributed by atoms with van der Waals surface area (Å²) in [5, 5.41) is 13.1. The van der Waals surface area contributed by atoms with Crippen LogP contribution >= 0.6 is 0 Å². The van der Waals surface area contributed by atoms with E-state index >= 15 is 0 Å². The monoisotopic (exact) mass is 333 g/mol. The molecule has 0 saturated carbocycles. The highest BCUT2D eigenvalue weighted by molar-refractivity contribution is 5.92. The Morgan fingerprint density at radius 3 is 2.62 bits per heavy atom. The van der Waals surface area contributed by atoms with Crippen LogP contribution in [0.2, 0.25) is 0 Å². The molecule has 0 aromatic carbocycles. The molecule has 0 spiro atoms. The lowest BCUT2D eigenvalue weighted by atomic mass is 10.0. The fourth-order valence-electron chi connectivity index (χ4n) is 3.46. The number of rotatable bonds is 3. The summed E-state index contributed by atoms with van der Waals surface area (Å²) in [7, 11) is 0. The zero-order valence-corrected chi connectivity index (χ0v) is 13.8. The number of aliphatic hydroxyl groups is 1. The van der Waals surface area contributed by atoms with Gasteiger partial charge in [-0.25, -0.2) is 4.98 Å². The van der Waals surface area contributed by atoms with Crippen LogP contribution in [0.15, 0.2) is 18.6 Å². The average Bonchev–Trinajstić information content (AvgIpc) is 2.96. The molecule has 0 unspecified atom stereocenters. The number of aromatic nitrogens is 2. The van der Waals surface area contributed by atoms with Crippen LogP contribution in [-0.4, -0.2) is 81.1 Å². The van der Waals surface area contributed by atoms with Crippen molar-refractivity contribution in [3.8, 4) is 0 Å². The minimum absolute atomic E-state index is 0.115. The van der Waals surface area contributed by atoms with Gasteiger partial charge >= 0.3 is 0 Å². The summed E-state index contributed by atoms with van der Waals surface area (Å²) in [5.74, 6) is -0.204. The maximum absolute atomic E-state index is 12.2. The zero-order valence-electron chi connectivity index (χ0n) is 13.8. The summed E-state index contributed by atoms with van der Waals surface area (Å²) in [6.45, 7) is 4.25. The Labute approximate surface area is 140 Å².